The number of thioether (sulfide) groups is 1. The summed E-state index contributed by atoms with van der Waals surface area (Å²) in [6, 6.07) is 7.39. The van der Waals surface area contributed by atoms with Gasteiger partial charge in [-0.25, -0.2) is 0 Å². The van der Waals surface area contributed by atoms with E-state index in [4.69, 9.17) is 4.74 Å². The van der Waals surface area contributed by atoms with Gasteiger partial charge in [0.05, 0.1) is 17.9 Å². The van der Waals surface area contributed by atoms with Crippen LogP contribution in [0.3, 0.4) is 0 Å². The number of methoxy groups -OCH3 is 1. The van der Waals surface area contributed by atoms with Gasteiger partial charge in [0.15, 0.2) is 5.78 Å². The Morgan fingerprint density at radius 3 is 2.73 bits per heavy atom. The molecular formula is C19H24N2O4S. The lowest BCUT2D eigenvalue weighted by Gasteiger charge is -2.19. The first-order valence-corrected chi connectivity index (χ1v) is 9.28. The summed E-state index contributed by atoms with van der Waals surface area (Å²) < 4.78 is 5.15. The fraction of sp³-hybridized carbons (Fsp3) is 0.421. The van der Waals surface area contributed by atoms with E-state index in [9.17, 15) is 14.4 Å². The van der Waals surface area contributed by atoms with Gasteiger partial charge >= 0.3 is 0 Å². The topological polar surface area (TPSA) is 75.7 Å². The van der Waals surface area contributed by atoms with Gasteiger partial charge in [-0.2, -0.15) is 0 Å². The quantitative estimate of drug-likeness (QED) is 0.772. The summed E-state index contributed by atoms with van der Waals surface area (Å²) in [5.41, 5.74) is 0.373. The van der Waals surface area contributed by atoms with E-state index in [2.05, 4.69) is 5.32 Å². The molecule has 1 aliphatic heterocycles. The largest absolute Gasteiger partial charge is 0.497 e. The molecule has 0 aliphatic carbocycles. The van der Waals surface area contributed by atoms with Crippen molar-refractivity contribution < 1.29 is 19.1 Å². The van der Waals surface area contributed by atoms with Crippen molar-refractivity contribution in [2.24, 2.45) is 5.41 Å². The highest BCUT2D eigenvalue weighted by atomic mass is 32.2. The third kappa shape index (κ3) is 5.36. The van der Waals surface area contributed by atoms with Crippen molar-refractivity contribution in [3.05, 3.63) is 40.9 Å². The Balaban J connectivity index is 1.98. The fourth-order valence-corrected chi connectivity index (χ4v) is 3.15. The molecule has 1 heterocycles. The Kier molecular flexibility index (Phi) is 6.47. The number of ketones is 1. The number of nitrogens with one attached hydrogen (secondary N) is 1. The van der Waals surface area contributed by atoms with Gasteiger partial charge in [0, 0.05) is 18.0 Å². The van der Waals surface area contributed by atoms with Crippen LogP contribution in [-0.2, 0) is 20.9 Å². The summed E-state index contributed by atoms with van der Waals surface area (Å²) in [6.07, 6.45) is 1.46. The number of allylic oxidation sites excluding steroid dienone is 1. The number of rotatable bonds is 6. The first kappa shape index (κ1) is 20.0. The number of nitrogens with zero attached hydrogens (tertiary/aromatic N) is 1. The molecule has 0 spiro atoms. The maximum Gasteiger partial charge on any atom is 0.240 e. The molecule has 6 nitrogen and oxygen atoms in total. The van der Waals surface area contributed by atoms with Crippen molar-refractivity contribution in [3.8, 4) is 5.75 Å². The van der Waals surface area contributed by atoms with Crippen LogP contribution in [0.25, 0.3) is 0 Å². The highest BCUT2D eigenvalue weighted by molar-refractivity contribution is 8.04. The van der Waals surface area contributed by atoms with Crippen LogP contribution < -0.4 is 10.1 Å². The smallest absolute Gasteiger partial charge is 0.240 e. The number of carbonyl (C=O) groups is 3. The number of benzene rings is 1. The minimum Gasteiger partial charge on any atom is -0.497 e. The van der Waals surface area contributed by atoms with E-state index in [1.807, 2.05) is 45.0 Å². The van der Waals surface area contributed by atoms with E-state index in [0.717, 1.165) is 5.56 Å². The zero-order valence-corrected chi connectivity index (χ0v) is 16.3. The predicted octanol–water partition coefficient (Wildman–Crippen LogP) is 2.34. The third-order valence-corrected chi connectivity index (χ3v) is 4.86. The first-order chi connectivity index (χ1) is 12.2. The van der Waals surface area contributed by atoms with Crippen molar-refractivity contribution in [2.45, 2.75) is 27.3 Å². The van der Waals surface area contributed by atoms with Crippen molar-refractivity contribution in [3.63, 3.8) is 0 Å². The molecule has 2 rings (SSSR count). The van der Waals surface area contributed by atoms with Crippen LogP contribution in [0, 0.1) is 5.41 Å². The molecule has 0 saturated carbocycles. The Morgan fingerprint density at radius 2 is 2.08 bits per heavy atom. The van der Waals surface area contributed by atoms with E-state index in [-0.39, 0.29) is 29.9 Å². The van der Waals surface area contributed by atoms with Crippen molar-refractivity contribution >= 4 is 29.4 Å². The maximum absolute atomic E-state index is 12.2. The van der Waals surface area contributed by atoms with Crippen LogP contribution in [-0.4, -0.2) is 41.9 Å². The number of amides is 2. The minimum atomic E-state index is -0.528. The molecule has 1 aromatic carbocycles. The SMILES string of the molecule is COc1cccc(CNC(=O)CN2C(=O)CS/C2=C\C(=O)C(C)(C)C)c1. The minimum absolute atomic E-state index is 0.0727. The van der Waals surface area contributed by atoms with Gasteiger partial charge in [-0.15, -0.1) is 0 Å². The van der Waals surface area contributed by atoms with E-state index in [0.29, 0.717) is 17.3 Å². The highest BCUT2D eigenvalue weighted by Crippen LogP contribution is 2.30. The lowest BCUT2D eigenvalue weighted by atomic mass is 9.91. The maximum atomic E-state index is 12.2. The van der Waals surface area contributed by atoms with E-state index >= 15 is 0 Å². The van der Waals surface area contributed by atoms with Crippen molar-refractivity contribution in [2.75, 3.05) is 19.4 Å². The number of carbonyl (C=O) groups excluding carboxylic acids is 3. The molecule has 1 aromatic rings. The second kappa shape index (κ2) is 8.40. The molecule has 0 bridgehead atoms. The van der Waals surface area contributed by atoms with Gasteiger partial charge in [0.2, 0.25) is 11.8 Å². The Morgan fingerprint density at radius 1 is 1.35 bits per heavy atom. The Bertz CT molecular complexity index is 737. The van der Waals surface area contributed by atoms with Crippen LogP contribution in [0.2, 0.25) is 0 Å². The lowest BCUT2D eigenvalue weighted by Crippen LogP contribution is -2.37. The van der Waals surface area contributed by atoms with Gasteiger partial charge in [0.25, 0.3) is 0 Å². The van der Waals surface area contributed by atoms with Gasteiger partial charge < -0.3 is 10.1 Å². The standard InChI is InChI=1S/C19H24N2O4S/c1-19(2,3)15(22)9-18-21(17(24)12-26-18)11-16(23)20-10-13-6-5-7-14(8-13)25-4/h5-9H,10-12H2,1-4H3,(H,20,23)/b18-9-. The number of ether oxygens (including phenoxy) is 1. The van der Waals surface area contributed by atoms with E-state index in [1.54, 1.807) is 7.11 Å². The van der Waals surface area contributed by atoms with Crippen LogP contribution in [0.5, 0.6) is 5.75 Å². The molecule has 1 N–H and O–H groups in total. The second-order valence-electron chi connectivity index (χ2n) is 6.99. The summed E-state index contributed by atoms with van der Waals surface area (Å²) >= 11 is 1.28. The Labute approximate surface area is 158 Å². The van der Waals surface area contributed by atoms with Crippen LogP contribution >= 0.6 is 11.8 Å². The summed E-state index contributed by atoms with van der Waals surface area (Å²) in [5.74, 6) is 0.439. The molecule has 1 saturated heterocycles. The highest BCUT2D eigenvalue weighted by Gasteiger charge is 2.30. The number of hydrogen-bond acceptors (Lipinski definition) is 5. The molecule has 0 aromatic heterocycles. The molecule has 0 radical (unpaired) electrons. The molecule has 0 atom stereocenters. The average molecular weight is 376 g/mol. The first-order valence-electron chi connectivity index (χ1n) is 8.29. The predicted molar refractivity (Wildman–Crippen MR) is 102 cm³/mol. The van der Waals surface area contributed by atoms with Crippen LogP contribution in [0.1, 0.15) is 26.3 Å². The second-order valence-corrected chi connectivity index (χ2v) is 7.99. The van der Waals surface area contributed by atoms with Crippen molar-refractivity contribution in [1.82, 2.24) is 10.2 Å². The molecule has 1 fully saturated rings. The molecule has 1 aliphatic rings. The van der Waals surface area contributed by atoms with Crippen LogP contribution in [0.4, 0.5) is 0 Å². The molecule has 2 amide bonds. The van der Waals surface area contributed by atoms with E-state index < -0.39 is 5.41 Å². The summed E-state index contributed by atoms with van der Waals surface area (Å²) in [6.45, 7) is 5.70. The normalized spacial score (nSPS) is 16.1. The summed E-state index contributed by atoms with van der Waals surface area (Å²) in [7, 11) is 1.58. The molecule has 0 unspecified atom stereocenters. The zero-order valence-electron chi connectivity index (χ0n) is 15.5. The van der Waals surface area contributed by atoms with Gasteiger partial charge in [0.1, 0.15) is 12.3 Å². The van der Waals surface area contributed by atoms with Gasteiger partial charge in [-0.1, -0.05) is 44.7 Å². The van der Waals surface area contributed by atoms with Gasteiger partial charge in [-0.3, -0.25) is 19.3 Å². The fourth-order valence-electron chi connectivity index (χ4n) is 2.21. The van der Waals surface area contributed by atoms with Crippen LogP contribution in [0.15, 0.2) is 35.4 Å². The lowest BCUT2D eigenvalue weighted by molar-refractivity contribution is -0.131. The summed E-state index contributed by atoms with van der Waals surface area (Å²) in [4.78, 5) is 37.9. The third-order valence-electron chi connectivity index (χ3n) is 3.83. The molecular weight excluding hydrogens is 352 g/mol. The monoisotopic (exact) mass is 376 g/mol. The molecule has 7 heteroatoms. The number of hydrogen-bond donors (Lipinski definition) is 1. The van der Waals surface area contributed by atoms with Crippen molar-refractivity contribution in [1.29, 1.82) is 0 Å². The summed E-state index contributed by atoms with van der Waals surface area (Å²) in [5, 5.41) is 3.33. The van der Waals surface area contributed by atoms with E-state index in [1.165, 1.54) is 22.7 Å². The molecule has 26 heavy (non-hydrogen) atoms. The van der Waals surface area contributed by atoms with Gasteiger partial charge in [-0.05, 0) is 17.7 Å². The zero-order chi connectivity index (χ0) is 19.3. The average Bonchev–Trinajstić information content (AvgIpc) is 2.92. The Hall–Kier alpha value is -2.28. The molecule has 140 valence electrons.